The zero-order chi connectivity index (χ0) is 13.4. The molecule has 18 heavy (non-hydrogen) atoms. The van der Waals surface area contributed by atoms with E-state index in [1.807, 2.05) is 13.2 Å². The van der Waals surface area contributed by atoms with Crippen molar-refractivity contribution < 1.29 is 9.53 Å². The van der Waals surface area contributed by atoms with E-state index in [9.17, 15) is 4.79 Å². The van der Waals surface area contributed by atoms with Gasteiger partial charge in [0.05, 0.1) is 17.9 Å². The molecule has 4 nitrogen and oxygen atoms in total. The highest BCUT2D eigenvalue weighted by atomic mass is 32.2. The Labute approximate surface area is 112 Å². The van der Waals surface area contributed by atoms with E-state index >= 15 is 0 Å². The molecule has 0 atom stereocenters. The molecule has 0 aliphatic heterocycles. The van der Waals surface area contributed by atoms with E-state index < -0.39 is 0 Å². The van der Waals surface area contributed by atoms with Crippen LogP contribution in [0.3, 0.4) is 0 Å². The molecule has 1 amide bonds. The molecule has 0 bridgehead atoms. The number of carbonyl (C=O) groups excluding carboxylic acids is 1. The number of thioether (sulfide) groups is 1. The average molecular weight is 268 g/mol. The molecule has 0 unspecified atom stereocenters. The Balaban J connectivity index is 2.69. The van der Waals surface area contributed by atoms with Gasteiger partial charge in [-0.1, -0.05) is 6.07 Å². The fraction of sp³-hybridized carbons (Fsp3) is 0.462. The third-order valence-corrected chi connectivity index (χ3v) is 3.09. The van der Waals surface area contributed by atoms with Crippen molar-refractivity contribution in [2.24, 2.45) is 0 Å². The molecule has 1 rings (SSSR count). The van der Waals surface area contributed by atoms with E-state index in [2.05, 4.69) is 5.32 Å². The summed E-state index contributed by atoms with van der Waals surface area (Å²) in [5.74, 6) is 1.38. The van der Waals surface area contributed by atoms with Crippen molar-refractivity contribution in [2.75, 3.05) is 30.9 Å². The molecule has 3 N–H and O–H groups in total. The molecule has 0 heterocycles. The summed E-state index contributed by atoms with van der Waals surface area (Å²) in [4.78, 5) is 12.0. The second kappa shape index (κ2) is 7.87. The number of hydrogen-bond acceptors (Lipinski definition) is 4. The number of amides is 1. The molecule has 0 spiro atoms. The van der Waals surface area contributed by atoms with Gasteiger partial charge < -0.3 is 15.8 Å². The standard InChI is InChI=1S/C13H20N2O2S/c1-3-17-12-10(6-4-7-11(12)14)13(16)15-8-5-9-18-2/h4,6-7H,3,5,8-9,14H2,1-2H3,(H,15,16). The molecule has 0 aromatic heterocycles. The highest BCUT2D eigenvalue weighted by molar-refractivity contribution is 7.98. The molecule has 0 saturated carbocycles. The van der Waals surface area contributed by atoms with Crippen molar-refractivity contribution in [1.29, 1.82) is 0 Å². The summed E-state index contributed by atoms with van der Waals surface area (Å²) in [6.07, 6.45) is 3.01. The summed E-state index contributed by atoms with van der Waals surface area (Å²) in [6, 6.07) is 5.22. The molecule has 0 aliphatic rings. The Hall–Kier alpha value is -1.36. The number of ether oxygens (including phenoxy) is 1. The van der Waals surface area contributed by atoms with Gasteiger partial charge in [0.15, 0.2) is 5.75 Å². The SMILES string of the molecule is CCOc1c(N)cccc1C(=O)NCCCSC. The molecule has 1 aromatic carbocycles. The molecular formula is C13H20N2O2S. The van der Waals surface area contributed by atoms with Crippen LogP contribution in [0.25, 0.3) is 0 Å². The first-order chi connectivity index (χ1) is 8.70. The molecule has 0 aliphatic carbocycles. The van der Waals surface area contributed by atoms with Crippen LogP contribution in [0.5, 0.6) is 5.75 Å². The van der Waals surface area contributed by atoms with Gasteiger partial charge >= 0.3 is 0 Å². The van der Waals surface area contributed by atoms with Crippen molar-refractivity contribution >= 4 is 23.4 Å². The van der Waals surface area contributed by atoms with E-state index in [0.717, 1.165) is 12.2 Å². The lowest BCUT2D eigenvalue weighted by molar-refractivity contribution is 0.0950. The highest BCUT2D eigenvalue weighted by Gasteiger charge is 2.14. The quantitative estimate of drug-likeness (QED) is 0.587. The highest BCUT2D eigenvalue weighted by Crippen LogP contribution is 2.26. The van der Waals surface area contributed by atoms with E-state index in [4.69, 9.17) is 10.5 Å². The van der Waals surface area contributed by atoms with Crippen LogP contribution >= 0.6 is 11.8 Å². The van der Waals surface area contributed by atoms with Crippen molar-refractivity contribution in [3.05, 3.63) is 23.8 Å². The van der Waals surface area contributed by atoms with Gasteiger partial charge in [0, 0.05) is 6.54 Å². The predicted octanol–water partition coefficient (Wildman–Crippen LogP) is 2.15. The number of rotatable bonds is 7. The van der Waals surface area contributed by atoms with Crippen LogP contribution in [0.2, 0.25) is 0 Å². The van der Waals surface area contributed by atoms with Crippen molar-refractivity contribution in [3.63, 3.8) is 0 Å². The Morgan fingerprint density at radius 2 is 2.28 bits per heavy atom. The number of nitrogens with one attached hydrogen (secondary N) is 1. The van der Waals surface area contributed by atoms with Gasteiger partial charge in [0.2, 0.25) is 0 Å². The van der Waals surface area contributed by atoms with Crippen LogP contribution in [0.15, 0.2) is 18.2 Å². The smallest absolute Gasteiger partial charge is 0.255 e. The number of nitrogen functional groups attached to an aromatic ring is 1. The van der Waals surface area contributed by atoms with Crippen LogP contribution in [0.4, 0.5) is 5.69 Å². The number of para-hydroxylation sites is 1. The van der Waals surface area contributed by atoms with Crippen molar-refractivity contribution in [3.8, 4) is 5.75 Å². The summed E-state index contributed by atoms with van der Waals surface area (Å²) < 4.78 is 5.43. The van der Waals surface area contributed by atoms with Crippen LogP contribution in [-0.2, 0) is 0 Å². The fourth-order valence-electron chi connectivity index (χ4n) is 1.55. The zero-order valence-corrected chi connectivity index (χ0v) is 11.7. The number of benzene rings is 1. The lowest BCUT2D eigenvalue weighted by Gasteiger charge is -2.12. The third kappa shape index (κ3) is 4.14. The summed E-state index contributed by atoms with van der Waals surface area (Å²) in [5.41, 5.74) is 6.81. The number of hydrogen-bond donors (Lipinski definition) is 2. The fourth-order valence-corrected chi connectivity index (χ4v) is 1.99. The van der Waals surface area contributed by atoms with Gasteiger partial charge in [-0.15, -0.1) is 0 Å². The molecule has 0 saturated heterocycles. The number of nitrogens with two attached hydrogens (primary N) is 1. The molecule has 1 aromatic rings. The van der Waals surface area contributed by atoms with Gasteiger partial charge in [-0.25, -0.2) is 0 Å². The number of carbonyl (C=O) groups is 1. The van der Waals surface area contributed by atoms with Crippen LogP contribution in [0, 0.1) is 0 Å². The molecule has 100 valence electrons. The maximum Gasteiger partial charge on any atom is 0.255 e. The third-order valence-electron chi connectivity index (χ3n) is 2.39. The first-order valence-electron chi connectivity index (χ1n) is 5.99. The van der Waals surface area contributed by atoms with Crippen LogP contribution in [-0.4, -0.2) is 31.1 Å². The topological polar surface area (TPSA) is 64.3 Å². The first kappa shape index (κ1) is 14.7. The summed E-state index contributed by atoms with van der Waals surface area (Å²) >= 11 is 1.77. The van der Waals surface area contributed by atoms with E-state index in [-0.39, 0.29) is 5.91 Å². The normalized spacial score (nSPS) is 10.1. The minimum Gasteiger partial charge on any atom is -0.491 e. The van der Waals surface area contributed by atoms with Crippen molar-refractivity contribution in [2.45, 2.75) is 13.3 Å². The lowest BCUT2D eigenvalue weighted by atomic mass is 10.1. The summed E-state index contributed by atoms with van der Waals surface area (Å²) in [7, 11) is 0. The van der Waals surface area contributed by atoms with E-state index in [1.165, 1.54) is 0 Å². The summed E-state index contributed by atoms with van der Waals surface area (Å²) in [6.45, 7) is 3.02. The van der Waals surface area contributed by atoms with Gasteiger partial charge in [-0.2, -0.15) is 11.8 Å². The van der Waals surface area contributed by atoms with E-state index in [1.54, 1.807) is 30.0 Å². The maximum atomic E-state index is 12.0. The van der Waals surface area contributed by atoms with E-state index in [0.29, 0.717) is 30.2 Å². The Bertz CT molecular complexity index is 397. The minimum atomic E-state index is -0.133. The largest absolute Gasteiger partial charge is 0.491 e. The minimum absolute atomic E-state index is 0.133. The zero-order valence-electron chi connectivity index (χ0n) is 10.9. The molecular weight excluding hydrogens is 248 g/mol. The Kier molecular flexibility index (Phi) is 6.43. The van der Waals surface area contributed by atoms with Crippen molar-refractivity contribution in [1.82, 2.24) is 5.32 Å². The van der Waals surface area contributed by atoms with Gasteiger partial charge in [0.1, 0.15) is 0 Å². The summed E-state index contributed by atoms with van der Waals surface area (Å²) in [5, 5.41) is 2.87. The second-order valence-electron chi connectivity index (χ2n) is 3.76. The average Bonchev–Trinajstić information content (AvgIpc) is 2.37. The number of anilines is 1. The lowest BCUT2D eigenvalue weighted by Crippen LogP contribution is -2.25. The monoisotopic (exact) mass is 268 g/mol. The van der Waals surface area contributed by atoms with Gasteiger partial charge in [-0.3, -0.25) is 4.79 Å². The predicted molar refractivity (Wildman–Crippen MR) is 77.4 cm³/mol. The molecule has 0 radical (unpaired) electrons. The Morgan fingerprint density at radius 3 is 2.94 bits per heavy atom. The van der Waals surface area contributed by atoms with Gasteiger partial charge in [0.25, 0.3) is 5.91 Å². The first-order valence-corrected chi connectivity index (χ1v) is 7.38. The van der Waals surface area contributed by atoms with Crippen LogP contribution < -0.4 is 15.8 Å². The molecule has 0 fully saturated rings. The van der Waals surface area contributed by atoms with Crippen LogP contribution in [0.1, 0.15) is 23.7 Å². The van der Waals surface area contributed by atoms with Gasteiger partial charge in [-0.05, 0) is 37.5 Å². The second-order valence-corrected chi connectivity index (χ2v) is 4.74. The maximum absolute atomic E-state index is 12.0. The molecule has 5 heteroatoms. The Morgan fingerprint density at radius 1 is 1.50 bits per heavy atom.